The van der Waals surface area contributed by atoms with E-state index >= 15 is 0 Å². The highest BCUT2D eigenvalue weighted by molar-refractivity contribution is 8.01. The van der Waals surface area contributed by atoms with Gasteiger partial charge in [0.15, 0.2) is 0 Å². The van der Waals surface area contributed by atoms with E-state index in [-0.39, 0.29) is 6.10 Å². The molecule has 0 spiro atoms. The summed E-state index contributed by atoms with van der Waals surface area (Å²) >= 11 is 3.82. The summed E-state index contributed by atoms with van der Waals surface area (Å²) in [6.45, 7) is 5.11. The molecule has 3 atom stereocenters. The molecule has 1 aromatic heterocycles. The lowest BCUT2D eigenvalue weighted by Gasteiger charge is -2.28. The maximum Gasteiger partial charge on any atom is 0.0664 e. The number of hydrogen-bond acceptors (Lipinski definition) is 4. The summed E-state index contributed by atoms with van der Waals surface area (Å²) in [4.78, 5) is 0. The average molecular weight is 271 g/mol. The van der Waals surface area contributed by atoms with E-state index < -0.39 is 0 Å². The SMILES string of the molecule is CCCC(O)CNC1C[C@H](C)Sc2sccc21. The molecule has 0 amide bonds. The Hall–Kier alpha value is -0.0300. The molecule has 17 heavy (non-hydrogen) atoms. The van der Waals surface area contributed by atoms with E-state index in [1.54, 1.807) is 0 Å². The van der Waals surface area contributed by atoms with Crippen LogP contribution in [-0.4, -0.2) is 23.0 Å². The number of thiophene rings is 1. The smallest absolute Gasteiger partial charge is 0.0664 e. The van der Waals surface area contributed by atoms with Crippen molar-refractivity contribution < 1.29 is 5.11 Å². The zero-order valence-corrected chi connectivity index (χ0v) is 12.1. The summed E-state index contributed by atoms with van der Waals surface area (Å²) in [5, 5.41) is 16.1. The minimum atomic E-state index is -0.202. The molecular formula is C13H21NOS2. The molecule has 0 aromatic carbocycles. The summed E-state index contributed by atoms with van der Waals surface area (Å²) in [7, 11) is 0. The first-order chi connectivity index (χ1) is 8.20. The third-order valence-corrected chi connectivity index (χ3v) is 5.48. The van der Waals surface area contributed by atoms with Gasteiger partial charge in [0.05, 0.1) is 10.3 Å². The van der Waals surface area contributed by atoms with Gasteiger partial charge in [0.2, 0.25) is 0 Å². The summed E-state index contributed by atoms with van der Waals surface area (Å²) in [5.74, 6) is 0. The highest BCUT2D eigenvalue weighted by atomic mass is 32.2. The molecule has 96 valence electrons. The van der Waals surface area contributed by atoms with Crippen LogP contribution < -0.4 is 5.32 Å². The number of nitrogens with one attached hydrogen (secondary N) is 1. The van der Waals surface area contributed by atoms with Crippen molar-refractivity contribution in [3.05, 3.63) is 17.0 Å². The molecule has 2 rings (SSSR count). The third-order valence-electron chi connectivity index (χ3n) is 3.13. The zero-order valence-electron chi connectivity index (χ0n) is 10.5. The van der Waals surface area contributed by atoms with Gasteiger partial charge >= 0.3 is 0 Å². The van der Waals surface area contributed by atoms with E-state index in [2.05, 4.69) is 30.6 Å². The van der Waals surface area contributed by atoms with E-state index in [1.807, 2.05) is 23.1 Å². The van der Waals surface area contributed by atoms with Gasteiger partial charge in [0.1, 0.15) is 0 Å². The minimum absolute atomic E-state index is 0.202. The number of aliphatic hydroxyl groups excluding tert-OH is 1. The second kappa shape index (κ2) is 6.23. The Kier molecular flexibility index (Phi) is 4.91. The highest BCUT2D eigenvalue weighted by Gasteiger charge is 2.26. The summed E-state index contributed by atoms with van der Waals surface area (Å²) in [6, 6.07) is 2.65. The standard InChI is InChI=1S/C13H21NOS2/c1-3-4-10(15)8-14-12-7-9(2)17-13-11(12)5-6-16-13/h5-6,9-10,12,14-15H,3-4,7-8H2,1-2H3/t9-,10?,12?/m0/s1. The molecule has 1 aromatic rings. The van der Waals surface area contributed by atoms with E-state index in [0.29, 0.717) is 17.8 Å². The van der Waals surface area contributed by atoms with Crippen LogP contribution in [0, 0.1) is 0 Å². The van der Waals surface area contributed by atoms with Crippen LogP contribution in [0.2, 0.25) is 0 Å². The van der Waals surface area contributed by atoms with Gasteiger partial charge in [-0.15, -0.1) is 23.1 Å². The second-order valence-electron chi connectivity index (χ2n) is 4.73. The monoisotopic (exact) mass is 271 g/mol. The quantitative estimate of drug-likeness (QED) is 0.860. The van der Waals surface area contributed by atoms with Gasteiger partial charge < -0.3 is 10.4 Å². The molecule has 2 heterocycles. The van der Waals surface area contributed by atoms with E-state index in [1.165, 1.54) is 9.77 Å². The molecular weight excluding hydrogens is 250 g/mol. The van der Waals surface area contributed by atoms with Crippen molar-refractivity contribution in [3.8, 4) is 0 Å². The predicted octanol–water partition coefficient (Wildman–Crippen LogP) is 3.42. The van der Waals surface area contributed by atoms with Crippen LogP contribution in [0.15, 0.2) is 15.7 Å². The lowest BCUT2D eigenvalue weighted by molar-refractivity contribution is 0.155. The molecule has 0 radical (unpaired) electrons. The number of aliphatic hydroxyl groups is 1. The van der Waals surface area contributed by atoms with Crippen molar-refractivity contribution >= 4 is 23.1 Å². The molecule has 1 aliphatic heterocycles. The lowest BCUT2D eigenvalue weighted by atomic mass is 10.0. The molecule has 0 saturated carbocycles. The zero-order chi connectivity index (χ0) is 12.3. The van der Waals surface area contributed by atoms with Crippen molar-refractivity contribution in [3.63, 3.8) is 0 Å². The second-order valence-corrected chi connectivity index (χ2v) is 7.35. The van der Waals surface area contributed by atoms with Crippen LogP contribution in [0.5, 0.6) is 0 Å². The van der Waals surface area contributed by atoms with Crippen LogP contribution in [0.25, 0.3) is 0 Å². The number of fused-ring (bicyclic) bond motifs is 1. The summed E-state index contributed by atoms with van der Waals surface area (Å²) in [5.41, 5.74) is 1.43. The molecule has 2 nitrogen and oxygen atoms in total. The number of rotatable bonds is 5. The first kappa shape index (κ1) is 13.4. The Labute approximate surface area is 112 Å². The van der Waals surface area contributed by atoms with E-state index in [0.717, 1.165) is 19.3 Å². The molecule has 0 fully saturated rings. The summed E-state index contributed by atoms with van der Waals surface area (Å²) < 4.78 is 1.45. The lowest BCUT2D eigenvalue weighted by Crippen LogP contribution is -2.32. The Morgan fingerprint density at radius 1 is 1.59 bits per heavy atom. The maximum atomic E-state index is 9.78. The largest absolute Gasteiger partial charge is 0.392 e. The molecule has 2 unspecified atom stereocenters. The van der Waals surface area contributed by atoms with Crippen molar-refractivity contribution in [1.29, 1.82) is 0 Å². The van der Waals surface area contributed by atoms with Crippen LogP contribution in [0.4, 0.5) is 0 Å². The molecule has 4 heteroatoms. The Bertz CT molecular complexity index is 353. The Morgan fingerprint density at radius 2 is 2.41 bits per heavy atom. The van der Waals surface area contributed by atoms with Crippen molar-refractivity contribution in [2.24, 2.45) is 0 Å². The number of thioether (sulfide) groups is 1. The van der Waals surface area contributed by atoms with Gasteiger partial charge in [-0.1, -0.05) is 20.3 Å². The highest BCUT2D eigenvalue weighted by Crippen LogP contribution is 2.43. The third kappa shape index (κ3) is 3.47. The molecule has 0 aliphatic carbocycles. The summed E-state index contributed by atoms with van der Waals surface area (Å²) in [6.07, 6.45) is 2.89. The normalized spacial score (nSPS) is 25.6. The van der Waals surface area contributed by atoms with Gasteiger partial charge in [-0.2, -0.15) is 0 Å². The molecule has 1 aliphatic rings. The van der Waals surface area contributed by atoms with E-state index in [9.17, 15) is 5.11 Å². The minimum Gasteiger partial charge on any atom is -0.392 e. The Balaban J connectivity index is 1.93. The van der Waals surface area contributed by atoms with Crippen LogP contribution >= 0.6 is 23.1 Å². The van der Waals surface area contributed by atoms with Crippen LogP contribution in [-0.2, 0) is 0 Å². The molecule has 2 N–H and O–H groups in total. The predicted molar refractivity (Wildman–Crippen MR) is 75.9 cm³/mol. The fraction of sp³-hybridized carbons (Fsp3) is 0.692. The van der Waals surface area contributed by atoms with Gasteiger partial charge in [-0.25, -0.2) is 0 Å². The van der Waals surface area contributed by atoms with Crippen molar-refractivity contribution in [2.45, 2.75) is 54.7 Å². The Morgan fingerprint density at radius 3 is 3.18 bits per heavy atom. The first-order valence-electron chi connectivity index (χ1n) is 6.36. The fourth-order valence-electron chi connectivity index (χ4n) is 2.26. The van der Waals surface area contributed by atoms with Crippen molar-refractivity contribution in [2.75, 3.05) is 6.54 Å². The fourth-order valence-corrected chi connectivity index (χ4v) is 4.82. The molecule has 0 saturated heterocycles. The van der Waals surface area contributed by atoms with Crippen molar-refractivity contribution in [1.82, 2.24) is 5.32 Å². The van der Waals surface area contributed by atoms with E-state index in [4.69, 9.17) is 0 Å². The maximum absolute atomic E-state index is 9.78. The topological polar surface area (TPSA) is 32.3 Å². The van der Waals surface area contributed by atoms with Gasteiger partial charge in [-0.05, 0) is 29.9 Å². The molecule has 0 bridgehead atoms. The van der Waals surface area contributed by atoms with Crippen LogP contribution in [0.3, 0.4) is 0 Å². The van der Waals surface area contributed by atoms with Gasteiger partial charge in [-0.3, -0.25) is 0 Å². The van der Waals surface area contributed by atoms with Crippen LogP contribution in [0.1, 0.15) is 44.7 Å². The van der Waals surface area contributed by atoms with Gasteiger partial charge in [0, 0.05) is 17.8 Å². The number of hydrogen-bond donors (Lipinski definition) is 2. The average Bonchev–Trinajstić information content (AvgIpc) is 2.74. The van der Waals surface area contributed by atoms with Gasteiger partial charge in [0.25, 0.3) is 0 Å². The first-order valence-corrected chi connectivity index (χ1v) is 8.12.